The zero-order valence-corrected chi connectivity index (χ0v) is 13.1. The zero-order valence-electron chi connectivity index (χ0n) is 9.90. The Hall–Kier alpha value is -1.31. The summed E-state index contributed by atoms with van der Waals surface area (Å²) >= 11 is 8.99. The molecule has 0 heterocycles. The van der Waals surface area contributed by atoms with Gasteiger partial charge in [-0.05, 0) is 30.3 Å². The minimum Gasteiger partial charge on any atom is -0.396 e. The lowest BCUT2D eigenvalue weighted by atomic mass is 10.3. The van der Waals surface area contributed by atoms with Crippen LogP contribution >= 0.6 is 27.5 Å². The monoisotopic (exact) mass is 378 g/mol. The number of hydrogen-bond donors (Lipinski definition) is 2. The lowest BCUT2D eigenvalue weighted by Crippen LogP contribution is -2.14. The van der Waals surface area contributed by atoms with E-state index in [0.29, 0.717) is 10.2 Å². The molecule has 3 N–H and O–H groups in total. The molecule has 0 atom stereocenters. The Balaban J connectivity index is 2.43. The van der Waals surface area contributed by atoms with Crippen LogP contribution in [0.2, 0.25) is 5.02 Å². The van der Waals surface area contributed by atoms with Crippen LogP contribution in [0, 0.1) is 5.82 Å². The highest BCUT2D eigenvalue weighted by Crippen LogP contribution is 2.28. The quantitative estimate of drug-likeness (QED) is 0.800. The summed E-state index contributed by atoms with van der Waals surface area (Å²) in [6.45, 7) is 0. The summed E-state index contributed by atoms with van der Waals surface area (Å²) < 4.78 is 40.7. The molecule has 0 aromatic heterocycles. The number of sulfonamides is 1. The Bertz CT molecular complexity index is 768. The van der Waals surface area contributed by atoms with Gasteiger partial charge in [-0.3, -0.25) is 4.72 Å². The molecule has 0 aliphatic carbocycles. The number of hydrogen-bond acceptors (Lipinski definition) is 3. The van der Waals surface area contributed by atoms with Gasteiger partial charge in [-0.25, -0.2) is 12.8 Å². The molecule has 2 aromatic carbocycles. The van der Waals surface area contributed by atoms with Gasteiger partial charge in [0.25, 0.3) is 10.0 Å². The van der Waals surface area contributed by atoms with E-state index < -0.39 is 15.8 Å². The van der Waals surface area contributed by atoms with Crippen molar-refractivity contribution in [2.75, 3.05) is 10.5 Å². The second-order valence-corrected chi connectivity index (χ2v) is 6.89. The SMILES string of the molecule is Nc1cc(S(=O)(=O)Nc2cccc(Br)c2)c(Cl)cc1F. The molecule has 0 unspecified atom stereocenters. The first kappa shape index (κ1) is 15.1. The van der Waals surface area contributed by atoms with Crippen LogP contribution in [0.15, 0.2) is 45.8 Å². The summed E-state index contributed by atoms with van der Waals surface area (Å²) in [4.78, 5) is -0.280. The largest absolute Gasteiger partial charge is 0.396 e. The predicted octanol–water partition coefficient (Wildman–Crippen LogP) is 3.62. The van der Waals surface area contributed by atoms with Crippen LogP contribution in [-0.2, 0) is 10.0 Å². The third-order valence-corrected chi connectivity index (χ3v) is 4.76. The molecule has 0 aliphatic heterocycles. The summed E-state index contributed by atoms with van der Waals surface area (Å²) in [5, 5.41) is -0.237. The van der Waals surface area contributed by atoms with E-state index in [1.54, 1.807) is 24.3 Å². The Labute approximate surface area is 128 Å². The fourth-order valence-electron chi connectivity index (χ4n) is 1.51. The van der Waals surface area contributed by atoms with E-state index in [0.717, 1.165) is 12.1 Å². The van der Waals surface area contributed by atoms with Crippen LogP contribution in [0.1, 0.15) is 0 Å². The first-order chi connectivity index (χ1) is 9.29. The van der Waals surface area contributed by atoms with Crippen LogP contribution in [0.4, 0.5) is 15.8 Å². The van der Waals surface area contributed by atoms with Gasteiger partial charge in [0, 0.05) is 10.2 Å². The molecule has 20 heavy (non-hydrogen) atoms. The molecule has 0 radical (unpaired) electrons. The third-order valence-electron chi connectivity index (χ3n) is 2.42. The number of rotatable bonds is 3. The van der Waals surface area contributed by atoms with Crippen LogP contribution in [0.3, 0.4) is 0 Å². The van der Waals surface area contributed by atoms with Crippen LogP contribution in [0.5, 0.6) is 0 Å². The van der Waals surface area contributed by atoms with Crippen molar-refractivity contribution in [2.45, 2.75) is 4.90 Å². The molecule has 0 amide bonds. The number of benzene rings is 2. The fraction of sp³-hybridized carbons (Fsp3) is 0. The van der Waals surface area contributed by atoms with E-state index in [9.17, 15) is 12.8 Å². The van der Waals surface area contributed by atoms with E-state index in [4.69, 9.17) is 17.3 Å². The Morgan fingerprint density at radius 2 is 1.95 bits per heavy atom. The van der Waals surface area contributed by atoms with Crippen molar-refractivity contribution in [1.82, 2.24) is 0 Å². The number of nitrogen functional groups attached to an aromatic ring is 1. The van der Waals surface area contributed by atoms with Crippen molar-refractivity contribution < 1.29 is 12.8 Å². The maximum Gasteiger partial charge on any atom is 0.263 e. The van der Waals surface area contributed by atoms with E-state index in [1.807, 2.05) is 0 Å². The first-order valence-corrected chi connectivity index (χ1v) is 7.98. The maximum atomic E-state index is 13.2. The van der Waals surface area contributed by atoms with Crippen LogP contribution in [-0.4, -0.2) is 8.42 Å². The number of halogens is 3. The highest BCUT2D eigenvalue weighted by molar-refractivity contribution is 9.10. The van der Waals surface area contributed by atoms with Crippen molar-refractivity contribution >= 4 is 48.9 Å². The van der Waals surface area contributed by atoms with Crippen molar-refractivity contribution in [3.63, 3.8) is 0 Å². The Morgan fingerprint density at radius 3 is 2.60 bits per heavy atom. The second kappa shape index (κ2) is 5.59. The molecule has 4 nitrogen and oxygen atoms in total. The van der Waals surface area contributed by atoms with Gasteiger partial charge in [0.2, 0.25) is 0 Å². The molecule has 0 fully saturated rings. The molecule has 8 heteroatoms. The van der Waals surface area contributed by atoms with Crippen LogP contribution in [0.25, 0.3) is 0 Å². The summed E-state index contributed by atoms with van der Waals surface area (Å²) in [6.07, 6.45) is 0. The molecule has 0 saturated heterocycles. The van der Waals surface area contributed by atoms with Gasteiger partial charge >= 0.3 is 0 Å². The van der Waals surface area contributed by atoms with Crippen LogP contribution < -0.4 is 10.5 Å². The maximum absolute atomic E-state index is 13.2. The van der Waals surface area contributed by atoms with E-state index >= 15 is 0 Å². The van der Waals surface area contributed by atoms with Gasteiger partial charge in [0.15, 0.2) is 0 Å². The summed E-state index contributed by atoms with van der Waals surface area (Å²) in [5.74, 6) is -0.767. The standard InChI is InChI=1S/C12H9BrClFN2O2S/c13-7-2-1-3-8(4-7)17-20(18,19)12-6-11(16)10(15)5-9(12)14/h1-6,17H,16H2. The Kier molecular flexibility index (Phi) is 4.22. The topological polar surface area (TPSA) is 72.2 Å². The van der Waals surface area contributed by atoms with Gasteiger partial charge in [-0.2, -0.15) is 0 Å². The minimum atomic E-state index is -3.95. The minimum absolute atomic E-state index is 0.237. The van der Waals surface area contributed by atoms with Crippen molar-refractivity contribution in [1.29, 1.82) is 0 Å². The Morgan fingerprint density at radius 1 is 1.25 bits per heavy atom. The zero-order chi connectivity index (χ0) is 14.9. The average Bonchev–Trinajstić information content (AvgIpc) is 2.33. The van der Waals surface area contributed by atoms with Crippen molar-refractivity contribution in [2.24, 2.45) is 0 Å². The highest BCUT2D eigenvalue weighted by Gasteiger charge is 2.20. The lowest BCUT2D eigenvalue weighted by molar-refractivity contribution is 0.600. The molecule has 0 spiro atoms. The molecular formula is C12H9BrClFN2O2S. The molecule has 0 saturated carbocycles. The normalized spacial score (nSPS) is 11.3. The summed E-state index contributed by atoms with van der Waals surface area (Å²) in [6, 6.07) is 8.43. The van der Waals surface area contributed by atoms with Gasteiger partial charge in [-0.1, -0.05) is 33.6 Å². The number of anilines is 2. The van der Waals surface area contributed by atoms with Gasteiger partial charge < -0.3 is 5.73 Å². The molecule has 2 rings (SSSR count). The number of nitrogens with two attached hydrogens (primary N) is 1. The fourth-order valence-corrected chi connectivity index (χ4v) is 3.51. The van der Waals surface area contributed by atoms with Gasteiger partial charge in [0.1, 0.15) is 10.7 Å². The third kappa shape index (κ3) is 3.23. The van der Waals surface area contributed by atoms with E-state index in [1.165, 1.54) is 0 Å². The molecular weight excluding hydrogens is 371 g/mol. The molecule has 2 aromatic rings. The van der Waals surface area contributed by atoms with Gasteiger partial charge in [0.05, 0.1) is 10.7 Å². The lowest BCUT2D eigenvalue weighted by Gasteiger charge is -2.10. The highest BCUT2D eigenvalue weighted by atomic mass is 79.9. The van der Waals surface area contributed by atoms with Crippen molar-refractivity contribution in [3.05, 3.63) is 51.7 Å². The number of nitrogens with one attached hydrogen (secondary N) is 1. The summed E-state index contributed by atoms with van der Waals surface area (Å²) in [7, 11) is -3.95. The molecule has 0 aliphatic rings. The first-order valence-electron chi connectivity index (χ1n) is 5.32. The molecule has 0 bridgehead atoms. The van der Waals surface area contributed by atoms with E-state index in [-0.39, 0.29) is 15.6 Å². The molecule has 106 valence electrons. The smallest absolute Gasteiger partial charge is 0.263 e. The average molecular weight is 380 g/mol. The second-order valence-electron chi connectivity index (χ2n) is 3.92. The van der Waals surface area contributed by atoms with Gasteiger partial charge in [-0.15, -0.1) is 0 Å². The van der Waals surface area contributed by atoms with Crippen molar-refractivity contribution in [3.8, 4) is 0 Å². The van der Waals surface area contributed by atoms with E-state index in [2.05, 4.69) is 20.7 Å². The predicted molar refractivity (Wildman–Crippen MR) is 80.8 cm³/mol. The summed E-state index contributed by atoms with van der Waals surface area (Å²) in [5.41, 5.74) is 5.43.